The molecule has 6 rings (SSSR count). The number of piperidine rings is 1. The highest BCUT2D eigenvalue weighted by Crippen LogP contribution is 2.26. The molecule has 4 heterocycles. The number of anilines is 5. The normalized spacial score (nSPS) is 16.3. The molecule has 0 unspecified atom stereocenters. The van der Waals surface area contributed by atoms with Gasteiger partial charge in [0.1, 0.15) is 0 Å². The third-order valence-electron chi connectivity index (χ3n) is 6.87. The van der Waals surface area contributed by atoms with Crippen molar-refractivity contribution in [2.45, 2.75) is 37.0 Å². The van der Waals surface area contributed by atoms with E-state index >= 15 is 0 Å². The molecule has 2 saturated heterocycles. The molecule has 37 heavy (non-hydrogen) atoms. The van der Waals surface area contributed by atoms with Crippen LogP contribution >= 0.6 is 0 Å². The maximum Gasteiger partial charge on any atom is 0.261 e. The van der Waals surface area contributed by atoms with Crippen molar-refractivity contribution in [3.05, 3.63) is 54.7 Å². The number of aromatic nitrogens is 4. The van der Waals surface area contributed by atoms with E-state index < -0.39 is 10.0 Å². The number of benzene rings is 2. The van der Waals surface area contributed by atoms with E-state index in [2.05, 4.69) is 29.8 Å². The maximum atomic E-state index is 13.0. The van der Waals surface area contributed by atoms with Crippen LogP contribution in [0.15, 0.2) is 59.6 Å². The number of nitrogens with one attached hydrogen (secondary N) is 3. The van der Waals surface area contributed by atoms with Gasteiger partial charge < -0.3 is 20.1 Å². The molecule has 10 nitrogen and oxygen atoms in total. The standard InChI is InChI=1S/C26H30N8O2S/c35-37(36,32-21-7-6-19-12-13-27-23(19)18-21)22-10-8-20(9-11-22)28-24-29-25(33-14-2-1-3-15-33)31-26(30-24)34-16-4-5-17-34/h6-13,18,27,32H,1-5,14-17H2,(H,28,29,30,31). The number of nitrogens with zero attached hydrogens (tertiary/aromatic N) is 5. The lowest BCUT2D eigenvalue weighted by Crippen LogP contribution is -2.32. The second kappa shape index (κ2) is 9.89. The van der Waals surface area contributed by atoms with Crippen LogP contribution in [-0.4, -0.2) is 54.5 Å². The molecule has 0 amide bonds. The van der Waals surface area contributed by atoms with Gasteiger partial charge in [0.05, 0.1) is 10.6 Å². The molecule has 0 aliphatic carbocycles. The zero-order valence-electron chi connectivity index (χ0n) is 20.5. The summed E-state index contributed by atoms with van der Waals surface area (Å²) in [5.41, 5.74) is 2.08. The first-order valence-electron chi connectivity index (χ1n) is 12.8. The van der Waals surface area contributed by atoms with Crippen molar-refractivity contribution in [1.82, 2.24) is 19.9 Å². The molecule has 4 aromatic rings. The van der Waals surface area contributed by atoms with Gasteiger partial charge in [-0.25, -0.2) is 8.42 Å². The Morgan fingerprint density at radius 3 is 2.03 bits per heavy atom. The van der Waals surface area contributed by atoms with Gasteiger partial charge in [0.15, 0.2) is 0 Å². The van der Waals surface area contributed by atoms with E-state index in [1.807, 2.05) is 18.3 Å². The average molecular weight is 519 g/mol. The second-order valence-electron chi connectivity index (χ2n) is 9.54. The molecule has 2 aliphatic rings. The van der Waals surface area contributed by atoms with Crippen LogP contribution in [0.25, 0.3) is 10.9 Å². The van der Waals surface area contributed by atoms with Gasteiger partial charge in [-0.05, 0) is 80.0 Å². The van der Waals surface area contributed by atoms with Crippen LogP contribution < -0.4 is 19.8 Å². The fourth-order valence-corrected chi connectivity index (χ4v) is 5.93. The summed E-state index contributed by atoms with van der Waals surface area (Å²) in [4.78, 5) is 21.9. The average Bonchev–Trinajstić information content (AvgIpc) is 3.62. The SMILES string of the molecule is O=S(=O)(Nc1ccc2cc[nH]c2c1)c1ccc(Nc2nc(N3CCCCC3)nc(N3CCCC3)n2)cc1. The summed E-state index contributed by atoms with van der Waals surface area (Å²) < 4.78 is 28.6. The van der Waals surface area contributed by atoms with Crippen molar-refractivity contribution in [3.8, 4) is 0 Å². The highest BCUT2D eigenvalue weighted by molar-refractivity contribution is 7.92. The van der Waals surface area contributed by atoms with Crippen LogP contribution in [-0.2, 0) is 10.0 Å². The smallest absolute Gasteiger partial charge is 0.261 e. The Balaban J connectivity index is 1.21. The van der Waals surface area contributed by atoms with Gasteiger partial charge in [-0.15, -0.1) is 0 Å². The number of H-pyrrole nitrogens is 1. The fraction of sp³-hybridized carbons (Fsp3) is 0.346. The quantitative estimate of drug-likeness (QED) is 0.328. The van der Waals surface area contributed by atoms with Crippen molar-refractivity contribution < 1.29 is 8.42 Å². The Hall–Kier alpha value is -3.86. The summed E-state index contributed by atoms with van der Waals surface area (Å²) in [7, 11) is -3.74. The Morgan fingerprint density at radius 2 is 1.35 bits per heavy atom. The van der Waals surface area contributed by atoms with Crippen LogP contribution in [0.2, 0.25) is 0 Å². The van der Waals surface area contributed by atoms with E-state index in [4.69, 9.17) is 9.97 Å². The minimum absolute atomic E-state index is 0.173. The lowest BCUT2D eigenvalue weighted by Gasteiger charge is -2.27. The second-order valence-corrected chi connectivity index (χ2v) is 11.2. The molecule has 11 heteroatoms. The number of rotatable bonds is 7. The van der Waals surface area contributed by atoms with Crippen molar-refractivity contribution in [2.75, 3.05) is 46.0 Å². The number of hydrogen-bond acceptors (Lipinski definition) is 8. The molecule has 0 spiro atoms. The fourth-order valence-electron chi connectivity index (χ4n) is 4.88. The molecule has 0 atom stereocenters. The summed E-state index contributed by atoms with van der Waals surface area (Å²) in [6.45, 7) is 3.77. The van der Waals surface area contributed by atoms with E-state index in [1.165, 1.54) is 6.42 Å². The van der Waals surface area contributed by atoms with Crippen molar-refractivity contribution >= 4 is 50.1 Å². The summed E-state index contributed by atoms with van der Waals surface area (Å²) in [6.07, 6.45) is 7.60. The molecule has 0 bridgehead atoms. The number of hydrogen-bond donors (Lipinski definition) is 3. The first-order valence-corrected chi connectivity index (χ1v) is 14.2. The summed E-state index contributed by atoms with van der Waals surface area (Å²) in [6, 6.07) is 13.9. The zero-order chi connectivity index (χ0) is 25.2. The Bertz CT molecular complexity index is 1490. The van der Waals surface area contributed by atoms with Crippen LogP contribution in [0.1, 0.15) is 32.1 Å². The van der Waals surface area contributed by atoms with Crippen LogP contribution in [0.5, 0.6) is 0 Å². The molecule has 192 valence electrons. The van der Waals surface area contributed by atoms with Crippen molar-refractivity contribution in [2.24, 2.45) is 0 Å². The van der Waals surface area contributed by atoms with E-state index in [9.17, 15) is 8.42 Å². The third-order valence-corrected chi connectivity index (χ3v) is 8.26. The van der Waals surface area contributed by atoms with Gasteiger partial charge in [-0.2, -0.15) is 15.0 Å². The molecule has 3 N–H and O–H groups in total. The van der Waals surface area contributed by atoms with E-state index in [-0.39, 0.29) is 4.90 Å². The third kappa shape index (κ3) is 5.17. The van der Waals surface area contributed by atoms with Gasteiger partial charge in [-0.3, -0.25) is 4.72 Å². The van der Waals surface area contributed by atoms with E-state index in [0.717, 1.165) is 62.8 Å². The highest BCUT2D eigenvalue weighted by atomic mass is 32.2. The Kier molecular flexibility index (Phi) is 6.29. The number of fused-ring (bicyclic) bond motifs is 1. The largest absolute Gasteiger partial charge is 0.361 e. The Labute approximate surface area is 216 Å². The van der Waals surface area contributed by atoms with E-state index in [1.54, 1.807) is 36.4 Å². The number of sulfonamides is 1. The molecule has 2 fully saturated rings. The van der Waals surface area contributed by atoms with Crippen LogP contribution in [0, 0.1) is 0 Å². The van der Waals surface area contributed by atoms with E-state index in [0.29, 0.717) is 29.2 Å². The van der Waals surface area contributed by atoms with Gasteiger partial charge in [0.25, 0.3) is 10.0 Å². The van der Waals surface area contributed by atoms with Crippen molar-refractivity contribution in [3.63, 3.8) is 0 Å². The maximum absolute atomic E-state index is 13.0. The van der Waals surface area contributed by atoms with Crippen molar-refractivity contribution in [1.29, 1.82) is 0 Å². The van der Waals surface area contributed by atoms with Gasteiger partial charge in [0.2, 0.25) is 17.8 Å². The van der Waals surface area contributed by atoms with Gasteiger partial charge in [0, 0.05) is 43.6 Å². The lowest BCUT2D eigenvalue weighted by atomic mass is 10.1. The highest BCUT2D eigenvalue weighted by Gasteiger charge is 2.21. The molecule has 0 radical (unpaired) electrons. The minimum Gasteiger partial charge on any atom is -0.361 e. The molecule has 0 saturated carbocycles. The summed E-state index contributed by atoms with van der Waals surface area (Å²) >= 11 is 0. The van der Waals surface area contributed by atoms with Crippen LogP contribution in [0.4, 0.5) is 29.2 Å². The van der Waals surface area contributed by atoms with Gasteiger partial charge >= 0.3 is 0 Å². The molecule has 2 aromatic carbocycles. The molecule has 2 aliphatic heterocycles. The lowest BCUT2D eigenvalue weighted by molar-refractivity contribution is 0.567. The monoisotopic (exact) mass is 518 g/mol. The molecular weight excluding hydrogens is 488 g/mol. The van der Waals surface area contributed by atoms with Crippen LogP contribution in [0.3, 0.4) is 0 Å². The predicted molar refractivity (Wildman–Crippen MR) is 146 cm³/mol. The summed E-state index contributed by atoms with van der Waals surface area (Å²) in [5.74, 6) is 1.85. The Morgan fingerprint density at radius 1 is 0.730 bits per heavy atom. The molecular formula is C26H30N8O2S. The first kappa shape index (κ1) is 23.5. The topological polar surface area (TPSA) is 119 Å². The van der Waals surface area contributed by atoms with Gasteiger partial charge in [-0.1, -0.05) is 6.07 Å². The summed E-state index contributed by atoms with van der Waals surface area (Å²) in [5, 5.41) is 4.28. The minimum atomic E-state index is -3.74. The zero-order valence-corrected chi connectivity index (χ0v) is 21.3. The predicted octanol–water partition coefficient (Wildman–Crippen LogP) is 4.49. The molecule has 2 aromatic heterocycles. The first-order chi connectivity index (χ1) is 18.0. The number of aromatic amines is 1.